The summed E-state index contributed by atoms with van der Waals surface area (Å²) in [7, 11) is -7.51. The van der Waals surface area contributed by atoms with Gasteiger partial charge < -0.3 is 4.90 Å². The molecule has 1 amide bonds. The Morgan fingerprint density at radius 2 is 1.47 bits per heavy atom. The first-order valence-electron chi connectivity index (χ1n) is 10.0. The van der Waals surface area contributed by atoms with Crippen LogP contribution in [0.1, 0.15) is 12.5 Å². The summed E-state index contributed by atoms with van der Waals surface area (Å²) in [5.41, 5.74) is 1.13. The molecule has 0 N–H and O–H groups in total. The second kappa shape index (κ2) is 9.16. The third-order valence-corrected chi connectivity index (χ3v) is 8.51. The summed E-state index contributed by atoms with van der Waals surface area (Å²) in [6, 6.07) is 10.3. The van der Waals surface area contributed by atoms with Crippen molar-refractivity contribution in [2.24, 2.45) is 0 Å². The van der Waals surface area contributed by atoms with Gasteiger partial charge >= 0.3 is 0 Å². The minimum atomic E-state index is -3.83. The lowest BCUT2D eigenvalue weighted by molar-refractivity contribution is -0.133. The summed E-state index contributed by atoms with van der Waals surface area (Å²) < 4.78 is 66.0. The summed E-state index contributed by atoms with van der Waals surface area (Å²) in [6.45, 7) is 3.80. The molecule has 1 fully saturated rings. The Balaban J connectivity index is 1.73. The highest BCUT2D eigenvalue weighted by Gasteiger charge is 2.35. The molecule has 8 nitrogen and oxygen atoms in total. The van der Waals surface area contributed by atoms with Crippen LogP contribution in [0.4, 0.5) is 10.1 Å². The fourth-order valence-corrected chi connectivity index (χ4v) is 6.25. The second-order valence-electron chi connectivity index (χ2n) is 7.75. The van der Waals surface area contributed by atoms with Gasteiger partial charge in [-0.25, -0.2) is 21.2 Å². The van der Waals surface area contributed by atoms with Gasteiger partial charge in [0.05, 0.1) is 16.8 Å². The fourth-order valence-electron chi connectivity index (χ4n) is 3.66. The van der Waals surface area contributed by atoms with Gasteiger partial charge in [0.25, 0.3) is 0 Å². The van der Waals surface area contributed by atoms with E-state index in [4.69, 9.17) is 0 Å². The van der Waals surface area contributed by atoms with Crippen molar-refractivity contribution in [3.63, 3.8) is 0 Å². The van der Waals surface area contributed by atoms with E-state index < -0.39 is 37.8 Å². The zero-order valence-corrected chi connectivity index (χ0v) is 19.7. The average molecular weight is 484 g/mol. The minimum Gasteiger partial charge on any atom is -0.338 e. The summed E-state index contributed by atoms with van der Waals surface area (Å²) in [5.74, 6) is -0.973. The molecule has 0 saturated carbocycles. The Kier molecular flexibility index (Phi) is 6.91. The normalized spacial score (nSPS) is 16.6. The maximum Gasteiger partial charge on any atom is 0.246 e. The van der Waals surface area contributed by atoms with Crippen molar-refractivity contribution in [1.82, 2.24) is 9.21 Å². The van der Waals surface area contributed by atoms with Gasteiger partial charge in [0.1, 0.15) is 11.9 Å². The molecule has 174 valence electrons. The van der Waals surface area contributed by atoms with Crippen LogP contribution in [0.25, 0.3) is 0 Å². The van der Waals surface area contributed by atoms with Crippen LogP contribution in [0.5, 0.6) is 0 Å². The quantitative estimate of drug-likeness (QED) is 0.625. The fraction of sp³-hybridized carbons (Fsp3) is 0.381. The molecular formula is C21H26FN3O5S2. The van der Waals surface area contributed by atoms with E-state index in [9.17, 15) is 26.0 Å². The lowest BCUT2D eigenvalue weighted by Gasteiger charge is -2.37. The van der Waals surface area contributed by atoms with Crippen LogP contribution in [-0.2, 0) is 24.8 Å². The van der Waals surface area contributed by atoms with E-state index in [1.165, 1.54) is 28.3 Å². The summed E-state index contributed by atoms with van der Waals surface area (Å²) in [6.07, 6.45) is 0.978. The molecule has 32 heavy (non-hydrogen) atoms. The Hall–Kier alpha value is -2.50. The smallest absolute Gasteiger partial charge is 0.246 e. The van der Waals surface area contributed by atoms with Crippen LogP contribution in [0.15, 0.2) is 53.4 Å². The number of hydrogen-bond donors (Lipinski definition) is 0. The number of benzene rings is 2. The van der Waals surface area contributed by atoms with Gasteiger partial charge in [-0.2, -0.15) is 4.31 Å². The van der Waals surface area contributed by atoms with Crippen LogP contribution in [0, 0.1) is 12.7 Å². The van der Waals surface area contributed by atoms with Crippen molar-refractivity contribution >= 4 is 31.6 Å². The van der Waals surface area contributed by atoms with E-state index in [0.717, 1.165) is 28.3 Å². The Labute approximate surface area is 188 Å². The molecule has 1 heterocycles. The number of amides is 1. The van der Waals surface area contributed by atoms with Crippen molar-refractivity contribution in [2.75, 3.05) is 36.7 Å². The van der Waals surface area contributed by atoms with E-state index >= 15 is 0 Å². The van der Waals surface area contributed by atoms with Crippen molar-refractivity contribution < 1.29 is 26.0 Å². The van der Waals surface area contributed by atoms with Crippen molar-refractivity contribution in [3.8, 4) is 0 Å². The van der Waals surface area contributed by atoms with E-state index in [1.807, 2.05) is 6.92 Å². The van der Waals surface area contributed by atoms with Crippen molar-refractivity contribution in [3.05, 3.63) is 59.9 Å². The van der Waals surface area contributed by atoms with Crippen molar-refractivity contribution in [2.45, 2.75) is 24.8 Å². The van der Waals surface area contributed by atoms with Gasteiger partial charge in [-0.15, -0.1) is 0 Å². The van der Waals surface area contributed by atoms with Crippen LogP contribution in [0.3, 0.4) is 0 Å². The number of piperazine rings is 1. The van der Waals surface area contributed by atoms with E-state index in [0.29, 0.717) is 0 Å². The number of anilines is 1. The maximum absolute atomic E-state index is 13.3. The number of carbonyl (C=O) groups excluding carboxylic acids is 1. The molecule has 3 rings (SSSR count). The SMILES string of the molecule is Cc1ccc(S(=O)(=O)N2CCN(C(=O)C(C)N(c3ccc(F)cc3)S(C)(=O)=O)CC2)cc1. The van der Waals surface area contributed by atoms with Crippen LogP contribution in [-0.4, -0.2) is 70.4 Å². The molecule has 2 aromatic rings. The molecule has 0 spiro atoms. The van der Waals surface area contributed by atoms with Gasteiger partial charge in [-0.3, -0.25) is 9.10 Å². The van der Waals surface area contributed by atoms with E-state index in [-0.39, 0.29) is 36.8 Å². The summed E-state index contributed by atoms with van der Waals surface area (Å²) in [4.78, 5) is 14.7. The van der Waals surface area contributed by atoms with Crippen LogP contribution < -0.4 is 4.31 Å². The Bertz CT molecular complexity index is 1170. The lowest BCUT2D eigenvalue weighted by atomic mass is 10.2. The second-order valence-corrected chi connectivity index (χ2v) is 11.6. The molecule has 11 heteroatoms. The van der Waals surface area contributed by atoms with E-state index in [2.05, 4.69) is 0 Å². The lowest BCUT2D eigenvalue weighted by Crippen LogP contribution is -2.56. The van der Waals surface area contributed by atoms with Gasteiger partial charge in [-0.05, 0) is 50.2 Å². The van der Waals surface area contributed by atoms with Gasteiger partial charge in [0, 0.05) is 26.2 Å². The number of halogens is 1. The molecule has 1 saturated heterocycles. The molecule has 0 aliphatic carbocycles. The van der Waals surface area contributed by atoms with Gasteiger partial charge in [0.15, 0.2) is 0 Å². The third kappa shape index (κ3) is 5.11. The number of aryl methyl sites for hydroxylation is 1. The molecule has 0 radical (unpaired) electrons. The molecule has 1 unspecified atom stereocenters. The standard InChI is InChI=1S/C21H26FN3O5S2/c1-16-4-10-20(11-5-16)32(29,30)24-14-12-23(13-15-24)21(26)17(2)25(31(3,27)28)19-8-6-18(22)7-9-19/h4-11,17H,12-15H2,1-3H3. The predicted octanol–water partition coefficient (Wildman–Crippen LogP) is 1.82. The van der Waals surface area contributed by atoms with Crippen LogP contribution >= 0.6 is 0 Å². The highest BCUT2D eigenvalue weighted by atomic mass is 32.2. The minimum absolute atomic E-state index is 0.101. The molecule has 2 aromatic carbocycles. The monoisotopic (exact) mass is 483 g/mol. The summed E-state index contributed by atoms with van der Waals surface area (Å²) >= 11 is 0. The first-order valence-corrected chi connectivity index (χ1v) is 13.3. The Morgan fingerprint density at radius 3 is 1.97 bits per heavy atom. The summed E-state index contributed by atoms with van der Waals surface area (Å²) in [5, 5.41) is 0. The number of rotatable bonds is 6. The number of sulfonamides is 2. The van der Waals surface area contributed by atoms with Crippen LogP contribution in [0.2, 0.25) is 0 Å². The van der Waals surface area contributed by atoms with Gasteiger partial charge in [-0.1, -0.05) is 17.7 Å². The highest BCUT2D eigenvalue weighted by molar-refractivity contribution is 7.92. The molecule has 0 aromatic heterocycles. The molecular weight excluding hydrogens is 457 g/mol. The largest absolute Gasteiger partial charge is 0.338 e. The molecule has 0 bridgehead atoms. The predicted molar refractivity (Wildman–Crippen MR) is 120 cm³/mol. The first kappa shape index (κ1) is 24.1. The van der Waals surface area contributed by atoms with E-state index in [1.54, 1.807) is 24.3 Å². The number of carbonyl (C=O) groups is 1. The molecule has 1 aliphatic rings. The number of nitrogens with zero attached hydrogens (tertiary/aromatic N) is 3. The zero-order valence-electron chi connectivity index (χ0n) is 18.1. The zero-order chi connectivity index (χ0) is 23.7. The average Bonchev–Trinajstić information content (AvgIpc) is 2.74. The third-order valence-electron chi connectivity index (χ3n) is 5.36. The molecule has 1 atom stereocenters. The molecule has 1 aliphatic heterocycles. The maximum atomic E-state index is 13.3. The van der Waals surface area contributed by atoms with Gasteiger partial charge in [0.2, 0.25) is 26.0 Å². The highest BCUT2D eigenvalue weighted by Crippen LogP contribution is 2.23. The Morgan fingerprint density at radius 1 is 0.938 bits per heavy atom. The number of hydrogen-bond acceptors (Lipinski definition) is 5. The van der Waals surface area contributed by atoms with Crippen molar-refractivity contribution in [1.29, 1.82) is 0 Å². The first-order chi connectivity index (χ1) is 14.9. The topological polar surface area (TPSA) is 95.1 Å².